The standard InChI is InChI=1S/C28H42O4/c1-6-7-11-21(4)12-10-14-23-16-17-24-18-22(19-25(23)24)13-8-9-15-26(29)32-27(20(2)3)28(30)31-5/h10,13-14,20-21,23-25,27H,8-9,11-12,15-19H2,1-5H3/b14-10+,22-13+. The first kappa shape index (κ1) is 26.2. The second kappa shape index (κ2) is 13.5. The van der Waals surface area contributed by atoms with E-state index in [0.717, 1.165) is 43.4 Å². The minimum Gasteiger partial charge on any atom is -0.466 e. The van der Waals surface area contributed by atoms with Crippen LogP contribution in [0.5, 0.6) is 0 Å². The van der Waals surface area contributed by atoms with Crippen molar-refractivity contribution in [2.45, 2.75) is 91.6 Å². The van der Waals surface area contributed by atoms with Crippen LogP contribution in [-0.2, 0) is 19.1 Å². The maximum absolute atomic E-state index is 12.1. The van der Waals surface area contributed by atoms with Crippen LogP contribution in [-0.4, -0.2) is 25.2 Å². The topological polar surface area (TPSA) is 52.6 Å². The molecule has 0 aromatic heterocycles. The number of fused-ring (bicyclic) bond motifs is 1. The fourth-order valence-corrected chi connectivity index (χ4v) is 5.06. The molecule has 178 valence electrons. The number of rotatable bonds is 11. The number of allylic oxidation sites excluding steroid dienone is 4. The molecule has 5 unspecified atom stereocenters. The maximum atomic E-state index is 12.1. The van der Waals surface area contributed by atoms with Crippen molar-refractivity contribution >= 4 is 11.9 Å². The lowest BCUT2D eigenvalue weighted by molar-refractivity contribution is -0.169. The van der Waals surface area contributed by atoms with Gasteiger partial charge in [0, 0.05) is 18.8 Å². The fraction of sp³-hybridized carbons (Fsp3) is 0.714. The summed E-state index contributed by atoms with van der Waals surface area (Å²) >= 11 is 0. The predicted octanol–water partition coefficient (Wildman–Crippen LogP) is 6.26. The number of carbonyl (C=O) groups excluding carboxylic acids is 2. The van der Waals surface area contributed by atoms with E-state index in [1.54, 1.807) is 5.57 Å². The minimum absolute atomic E-state index is 0.0957. The van der Waals surface area contributed by atoms with Gasteiger partial charge in [0.15, 0.2) is 0 Å². The van der Waals surface area contributed by atoms with E-state index in [1.165, 1.54) is 32.8 Å². The van der Waals surface area contributed by atoms with Gasteiger partial charge in [-0.15, -0.1) is 11.8 Å². The Kier molecular flexibility index (Phi) is 11.1. The number of hydrogen-bond acceptors (Lipinski definition) is 4. The molecule has 0 aromatic rings. The molecule has 0 radical (unpaired) electrons. The molecule has 0 bridgehead atoms. The van der Waals surface area contributed by atoms with E-state index in [0.29, 0.717) is 12.3 Å². The highest BCUT2D eigenvalue weighted by molar-refractivity contribution is 5.79. The Balaban J connectivity index is 1.73. The molecule has 4 heteroatoms. The molecule has 2 aliphatic carbocycles. The molecule has 0 N–H and O–H groups in total. The summed E-state index contributed by atoms with van der Waals surface area (Å²) in [5.74, 6) is 8.24. The van der Waals surface area contributed by atoms with Crippen LogP contribution < -0.4 is 0 Å². The summed E-state index contributed by atoms with van der Waals surface area (Å²) in [6.45, 7) is 7.88. The Morgan fingerprint density at radius 3 is 2.66 bits per heavy atom. The molecule has 0 heterocycles. The highest BCUT2D eigenvalue weighted by Crippen LogP contribution is 2.50. The predicted molar refractivity (Wildman–Crippen MR) is 129 cm³/mol. The van der Waals surface area contributed by atoms with Gasteiger partial charge in [-0.2, -0.15) is 0 Å². The lowest BCUT2D eigenvalue weighted by atomic mass is 9.91. The largest absolute Gasteiger partial charge is 0.466 e. The van der Waals surface area contributed by atoms with Crippen LogP contribution in [0.3, 0.4) is 0 Å². The van der Waals surface area contributed by atoms with E-state index in [-0.39, 0.29) is 11.9 Å². The van der Waals surface area contributed by atoms with E-state index in [1.807, 2.05) is 20.8 Å². The molecule has 2 fully saturated rings. The smallest absolute Gasteiger partial charge is 0.347 e. The Bertz CT molecular complexity index is 736. The van der Waals surface area contributed by atoms with Gasteiger partial charge in [-0.05, 0) is 75.5 Å². The quantitative estimate of drug-likeness (QED) is 0.164. The molecule has 0 aliphatic heterocycles. The fourth-order valence-electron chi connectivity index (χ4n) is 5.06. The average Bonchev–Trinajstić information content (AvgIpc) is 3.34. The van der Waals surface area contributed by atoms with Crippen molar-refractivity contribution in [2.75, 3.05) is 7.11 Å². The molecule has 4 nitrogen and oxygen atoms in total. The van der Waals surface area contributed by atoms with Crippen LogP contribution in [0.15, 0.2) is 23.8 Å². The van der Waals surface area contributed by atoms with Crippen LogP contribution in [0.4, 0.5) is 0 Å². The molecular weight excluding hydrogens is 400 g/mol. The van der Waals surface area contributed by atoms with Crippen molar-refractivity contribution in [3.63, 3.8) is 0 Å². The molecule has 2 aliphatic rings. The van der Waals surface area contributed by atoms with Crippen LogP contribution in [0.2, 0.25) is 0 Å². The van der Waals surface area contributed by atoms with Crippen molar-refractivity contribution in [2.24, 2.45) is 29.6 Å². The molecule has 0 amide bonds. The second-order valence-corrected chi connectivity index (χ2v) is 9.91. The van der Waals surface area contributed by atoms with Gasteiger partial charge >= 0.3 is 11.9 Å². The number of esters is 2. The molecule has 0 spiro atoms. The summed E-state index contributed by atoms with van der Waals surface area (Å²) in [5.41, 5.74) is 1.56. The number of hydrogen-bond donors (Lipinski definition) is 0. The van der Waals surface area contributed by atoms with Gasteiger partial charge in [0.2, 0.25) is 6.10 Å². The second-order valence-electron chi connectivity index (χ2n) is 9.91. The maximum Gasteiger partial charge on any atom is 0.347 e. The van der Waals surface area contributed by atoms with E-state index in [2.05, 4.69) is 37.0 Å². The summed E-state index contributed by atoms with van der Waals surface area (Å²) in [6, 6.07) is 0. The minimum atomic E-state index is -0.812. The summed E-state index contributed by atoms with van der Waals surface area (Å²) in [7, 11) is 1.32. The lowest BCUT2D eigenvalue weighted by Crippen LogP contribution is -2.33. The van der Waals surface area contributed by atoms with Gasteiger partial charge in [-0.1, -0.05) is 44.6 Å². The molecule has 2 saturated carbocycles. The summed E-state index contributed by atoms with van der Waals surface area (Å²) in [4.78, 5) is 23.9. The number of ether oxygens (including phenoxy) is 2. The number of methoxy groups -OCH3 is 1. The average molecular weight is 443 g/mol. The van der Waals surface area contributed by atoms with Crippen molar-refractivity contribution in [1.82, 2.24) is 0 Å². The summed E-state index contributed by atoms with van der Waals surface area (Å²) in [6.07, 6.45) is 15.6. The molecule has 32 heavy (non-hydrogen) atoms. The Morgan fingerprint density at radius 2 is 1.97 bits per heavy atom. The molecule has 2 rings (SSSR count). The zero-order valence-electron chi connectivity index (χ0n) is 20.7. The monoisotopic (exact) mass is 442 g/mol. The van der Waals surface area contributed by atoms with E-state index >= 15 is 0 Å². The molecule has 5 atom stereocenters. The first-order valence-electron chi connectivity index (χ1n) is 12.4. The Morgan fingerprint density at radius 1 is 1.19 bits per heavy atom. The van der Waals surface area contributed by atoms with Gasteiger partial charge in [0.05, 0.1) is 7.11 Å². The van der Waals surface area contributed by atoms with Crippen LogP contribution in [0.1, 0.15) is 85.5 Å². The molecular formula is C28H42O4. The third kappa shape index (κ3) is 8.15. The normalized spacial score (nSPS) is 25.4. The highest BCUT2D eigenvalue weighted by Gasteiger charge is 2.39. The summed E-state index contributed by atoms with van der Waals surface area (Å²) in [5, 5.41) is 0. The first-order chi connectivity index (χ1) is 15.3. The lowest BCUT2D eigenvalue weighted by Gasteiger charge is -2.18. The van der Waals surface area contributed by atoms with Crippen molar-refractivity contribution < 1.29 is 19.1 Å². The molecule has 0 saturated heterocycles. The van der Waals surface area contributed by atoms with Gasteiger partial charge in [-0.3, -0.25) is 4.79 Å². The SMILES string of the molecule is CC#CCC(C)C/C=C/C1CCC2C/C(=C\CCCC(=O)OC(C(=O)OC)C(C)C)CC12. The van der Waals surface area contributed by atoms with E-state index in [4.69, 9.17) is 9.47 Å². The van der Waals surface area contributed by atoms with Gasteiger partial charge in [-0.25, -0.2) is 4.79 Å². The third-order valence-electron chi connectivity index (χ3n) is 6.91. The van der Waals surface area contributed by atoms with Crippen LogP contribution >= 0.6 is 0 Å². The van der Waals surface area contributed by atoms with E-state index in [9.17, 15) is 9.59 Å². The van der Waals surface area contributed by atoms with Crippen molar-refractivity contribution in [1.29, 1.82) is 0 Å². The zero-order chi connectivity index (χ0) is 23.5. The van der Waals surface area contributed by atoms with Crippen molar-refractivity contribution in [3.8, 4) is 11.8 Å². The Hall–Kier alpha value is -2.02. The van der Waals surface area contributed by atoms with Crippen LogP contribution in [0.25, 0.3) is 0 Å². The number of carbonyl (C=O) groups is 2. The van der Waals surface area contributed by atoms with Crippen LogP contribution in [0, 0.1) is 41.4 Å². The zero-order valence-corrected chi connectivity index (χ0v) is 20.7. The number of unbranched alkanes of at least 4 members (excludes halogenated alkanes) is 1. The Labute approximate surface area is 195 Å². The van der Waals surface area contributed by atoms with E-state index < -0.39 is 12.1 Å². The molecule has 0 aromatic carbocycles. The van der Waals surface area contributed by atoms with Crippen molar-refractivity contribution in [3.05, 3.63) is 23.8 Å². The first-order valence-corrected chi connectivity index (χ1v) is 12.4. The van der Waals surface area contributed by atoms with Gasteiger partial charge in [0.1, 0.15) is 0 Å². The van der Waals surface area contributed by atoms with Gasteiger partial charge in [0.25, 0.3) is 0 Å². The summed E-state index contributed by atoms with van der Waals surface area (Å²) < 4.78 is 10.1. The highest BCUT2D eigenvalue weighted by atomic mass is 16.6. The third-order valence-corrected chi connectivity index (χ3v) is 6.91. The van der Waals surface area contributed by atoms with Gasteiger partial charge < -0.3 is 9.47 Å².